The van der Waals surface area contributed by atoms with Crippen LogP contribution in [-0.4, -0.2) is 29.1 Å². The summed E-state index contributed by atoms with van der Waals surface area (Å²) in [5, 5.41) is 20.5. The van der Waals surface area contributed by atoms with Gasteiger partial charge in [0.25, 0.3) is 5.69 Å². The van der Waals surface area contributed by atoms with Crippen LogP contribution in [0.15, 0.2) is 18.2 Å². The Morgan fingerprint density at radius 2 is 2.20 bits per heavy atom. The Labute approximate surface area is 117 Å². The highest BCUT2D eigenvalue weighted by atomic mass is 16.6. The predicted molar refractivity (Wildman–Crippen MR) is 75.0 cm³/mol. The van der Waals surface area contributed by atoms with Crippen molar-refractivity contribution in [1.82, 2.24) is 0 Å². The lowest BCUT2D eigenvalue weighted by molar-refractivity contribution is -0.384. The van der Waals surface area contributed by atoms with Gasteiger partial charge >= 0.3 is 5.97 Å². The molecule has 1 saturated heterocycles. The Morgan fingerprint density at radius 1 is 1.50 bits per heavy atom. The van der Waals surface area contributed by atoms with Gasteiger partial charge in [-0.3, -0.25) is 14.9 Å². The van der Waals surface area contributed by atoms with Crippen molar-refractivity contribution < 1.29 is 14.8 Å². The van der Waals surface area contributed by atoms with Crippen LogP contribution < -0.4 is 4.90 Å². The quantitative estimate of drug-likeness (QED) is 0.678. The molecule has 6 nitrogen and oxygen atoms in total. The molecule has 0 aromatic heterocycles. The second-order valence-corrected chi connectivity index (χ2v) is 5.64. The van der Waals surface area contributed by atoms with E-state index in [1.54, 1.807) is 19.9 Å². The number of carboxylic acid groups (broad SMARTS) is 1. The van der Waals surface area contributed by atoms with Gasteiger partial charge in [-0.2, -0.15) is 0 Å². The van der Waals surface area contributed by atoms with Gasteiger partial charge in [-0.1, -0.05) is 6.07 Å². The van der Waals surface area contributed by atoms with Crippen molar-refractivity contribution in [3.05, 3.63) is 33.9 Å². The van der Waals surface area contributed by atoms with Gasteiger partial charge in [-0.25, -0.2) is 0 Å². The fourth-order valence-corrected chi connectivity index (χ4v) is 2.67. The number of nitro benzene ring substituents is 1. The number of piperidine rings is 1. The maximum atomic E-state index is 11.4. The molecule has 20 heavy (non-hydrogen) atoms. The van der Waals surface area contributed by atoms with Crippen molar-refractivity contribution in [3.63, 3.8) is 0 Å². The second kappa shape index (κ2) is 5.11. The van der Waals surface area contributed by atoms with Crippen molar-refractivity contribution in [2.45, 2.75) is 26.7 Å². The van der Waals surface area contributed by atoms with E-state index in [1.807, 2.05) is 11.0 Å². The average molecular weight is 278 g/mol. The maximum Gasteiger partial charge on any atom is 0.311 e. The summed E-state index contributed by atoms with van der Waals surface area (Å²) in [6, 6.07) is 5.05. The van der Waals surface area contributed by atoms with Gasteiger partial charge < -0.3 is 10.0 Å². The van der Waals surface area contributed by atoms with Crippen molar-refractivity contribution in [1.29, 1.82) is 0 Å². The highest BCUT2D eigenvalue weighted by Crippen LogP contribution is 2.36. The summed E-state index contributed by atoms with van der Waals surface area (Å²) >= 11 is 0. The Hall–Kier alpha value is -2.11. The zero-order chi connectivity index (χ0) is 14.9. The lowest BCUT2D eigenvalue weighted by Crippen LogP contribution is -2.46. The van der Waals surface area contributed by atoms with Crippen molar-refractivity contribution in [2.24, 2.45) is 5.41 Å². The van der Waals surface area contributed by atoms with Crippen LogP contribution in [0.4, 0.5) is 11.4 Å². The third-order valence-electron chi connectivity index (χ3n) is 3.88. The molecule has 1 unspecified atom stereocenters. The molecule has 0 saturated carbocycles. The molecular formula is C14H18N2O4. The second-order valence-electron chi connectivity index (χ2n) is 5.64. The molecule has 0 aliphatic carbocycles. The molecule has 1 aromatic carbocycles. The van der Waals surface area contributed by atoms with Gasteiger partial charge in [-0.15, -0.1) is 0 Å². The van der Waals surface area contributed by atoms with Crippen molar-refractivity contribution in [2.75, 3.05) is 18.0 Å². The van der Waals surface area contributed by atoms with Gasteiger partial charge in [0.05, 0.1) is 10.3 Å². The van der Waals surface area contributed by atoms with E-state index in [1.165, 1.54) is 6.07 Å². The molecule has 2 rings (SSSR count). The lowest BCUT2D eigenvalue weighted by Gasteiger charge is -2.38. The molecule has 1 fully saturated rings. The lowest BCUT2D eigenvalue weighted by atomic mass is 9.82. The minimum atomic E-state index is -0.850. The molecule has 1 heterocycles. The molecule has 1 aliphatic rings. The van der Waals surface area contributed by atoms with Gasteiger partial charge in [-0.05, 0) is 38.3 Å². The molecule has 1 aliphatic heterocycles. The Bertz CT molecular complexity index is 558. The number of aryl methyl sites for hydroxylation is 1. The molecule has 1 aromatic rings. The van der Waals surface area contributed by atoms with E-state index in [4.69, 9.17) is 0 Å². The number of carboxylic acids is 1. The minimum Gasteiger partial charge on any atom is -0.481 e. The highest BCUT2D eigenvalue weighted by molar-refractivity contribution is 5.76. The fourth-order valence-electron chi connectivity index (χ4n) is 2.67. The molecule has 0 radical (unpaired) electrons. The highest BCUT2D eigenvalue weighted by Gasteiger charge is 2.39. The van der Waals surface area contributed by atoms with Crippen LogP contribution in [-0.2, 0) is 4.79 Å². The Balaban J connectivity index is 2.37. The van der Waals surface area contributed by atoms with Gasteiger partial charge in [0, 0.05) is 19.2 Å². The smallest absolute Gasteiger partial charge is 0.311 e. The molecule has 0 bridgehead atoms. The molecule has 6 heteroatoms. The summed E-state index contributed by atoms with van der Waals surface area (Å²) < 4.78 is 0. The summed E-state index contributed by atoms with van der Waals surface area (Å²) in [5.41, 5.74) is 0.516. The zero-order valence-electron chi connectivity index (χ0n) is 11.6. The SMILES string of the molecule is Cc1ccc(N2CCCC(C)(C(=O)O)C2)c([N+](=O)[O-])c1. The summed E-state index contributed by atoms with van der Waals surface area (Å²) in [4.78, 5) is 23.9. The monoisotopic (exact) mass is 278 g/mol. The molecule has 108 valence electrons. The molecular weight excluding hydrogens is 260 g/mol. The summed E-state index contributed by atoms with van der Waals surface area (Å²) in [7, 11) is 0. The number of hydrogen-bond donors (Lipinski definition) is 1. The number of hydrogen-bond acceptors (Lipinski definition) is 4. The van der Waals surface area contributed by atoms with Crippen LogP contribution in [0.5, 0.6) is 0 Å². The van der Waals surface area contributed by atoms with E-state index in [2.05, 4.69) is 0 Å². The van der Waals surface area contributed by atoms with E-state index < -0.39 is 16.3 Å². The van der Waals surface area contributed by atoms with E-state index in [9.17, 15) is 20.0 Å². The zero-order valence-corrected chi connectivity index (χ0v) is 11.6. The van der Waals surface area contributed by atoms with Crippen LogP contribution in [0.2, 0.25) is 0 Å². The van der Waals surface area contributed by atoms with Crippen LogP contribution in [0, 0.1) is 22.5 Å². The number of nitro groups is 1. The first-order valence-corrected chi connectivity index (χ1v) is 6.57. The first-order valence-electron chi connectivity index (χ1n) is 6.57. The third kappa shape index (κ3) is 2.59. The van der Waals surface area contributed by atoms with Crippen molar-refractivity contribution >= 4 is 17.3 Å². The largest absolute Gasteiger partial charge is 0.481 e. The summed E-state index contributed by atoms with van der Waals surface area (Å²) in [5.74, 6) is -0.850. The number of benzene rings is 1. The van der Waals surface area contributed by atoms with E-state index in [0.29, 0.717) is 31.6 Å². The number of carbonyl (C=O) groups is 1. The van der Waals surface area contributed by atoms with E-state index in [-0.39, 0.29) is 5.69 Å². The summed E-state index contributed by atoms with van der Waals surface area (Å²) in [6.45, 7) is 4.44. The van der Waals surface area contributed by atoms with Crippen LogP contribution in [0.1, 0.15) is 25.3 Å². The van der Waals surface area contributed by atoms with E-state index in [0.717, 1.165) is 5.56 Å². The number of nitrogens with zero attached hydrogens (tertiary/aromatic N) is 2. The predicted octanol–water partition coefficient (Wildman–Crippen LogP) is 2.59. The van der Waals surface area contributed by atoms with Crippen LogP contribution in [0.25, 0.3) is 0 Å². The first kappa shape index (κ1) is 14.3. The van der Waals surface area contributed by atoms with Crippen LogP contribution in [0.3, 0.4) is 0 Å². The summed E-state index contributed by atoms with van der Waals surface area (Å²) in [6.07, 6.45) is 1.31. The van der Waals surface area contributed by atoms with Gasteiger partial charge in [0.2, 0.25) is 0 Å². The van der Waals surface area contributed by atoms with Crippen molar-refractivity contribution in [3.8, 4) is 0 Å². The molecule has 0 spiro atoms. The number of rotatable bonds is 3. The minimum absolute atomic E-state index is 0.0413. The molecule has 1 atom stereocenters. The van der Waals surface area contributed by atoms with E-state index >= 15 is 0 Å². The molecule has 1 N–H and O–H groups in total. The topological polar surface area (TPSA) is 83.7 Å². The number of aliphatic carboxylic acids is 1. The van der Waals surface area contributed by atoms with Gasteiger partial charge in [0.1, 0.15) is 5.69 Å². The number of anilines is 1. The molecule has 0 amide bonds. The Morgan fingerprint density at radius 3 is 2.80 bits per heavy atom. The standard InChI is InChI=1S/C14H18N2O4/c1-10-4-5-11(12(8-10)16(19)20)15-7-3-6-14(2,9-15)13(17)18/h4-5,8H,3,6-7,9H2,1-2H3,(H,17,18). The first-order chi connectivity index (χ1) is 9.33. The normalized spacial score (nSPS) is 22.6. The van der Waals surface area contributed by atoms with Crippen LogP contribution >= 0.6 is 0 Å². The Kier molecular flexibility index (Phi) is 3.65. The van der Waals surface area contributed by atoms with Gasteiger partial charge in [0.15, 0.2) is 0 Å². The third-order valence-corrected chi connectivity index (χ3v) is 3.88. The maximum absolute atomic E-state index is 11.4. The fraction of sp³-hybridized carbons (Fsp3) is 0.500. The average Bonchev–Trinajstić information content (AvgIpc) is 2.38.